The summed E-state index contributed by atoms with van der Waals surface area (Å²) in [4.78, 5) is 12.8. The van der Waals surface area contributed by atoms with Crippen LogP contribution in [0.5, 0.6) is 5.75 Å². The van der Waals surface area contributed by atoms with E-state index in [4.69, 9.17) is 4.74 Å². The number of amides is 1. The molecule has 1 amide bonds. The lowest BCUT2D eigenvalue weighted by atomic mass is 10.2. The highest BCUT2D eigenvalue weighted by atomic mass is 32.2. The topological polar surface area (TPSA) is 75.7 Å². The number of nitrogens with zero attached hydrogens (tertiary/aromatic N) is 1. The van der Waals surface area contributed by atoms with E-state index < -0.39 is 15.9 Å². The van der Waals surface area contributed by atoms with Gasteiger partial charge in [-0.1, -0.05) is 18.6 Å². The van der Waals surface area contributed by atoms with Crippen molar-refractivity contribution in [1.29, 1.82) is 0 Å². The van der Waals surface area contributed by atoms with Gasteiger partial charge in [-0.05, 0) is 56.2 Å². The third kappa shape index (κ3) is 4.48. The molecule has 0 aliphatic carbocycles. The molecule has 3 rings (SSSR count). The van der Waals surface area contributed by atoms with Crippen LogP contribution >= 0.6 is 0 Å². The van der Waals surface area contributed by atoms with Crippen molar-refractivity contribution < 1.29 is 17.9 Å². The number of nitrogens with one attached hydrogen (secondary N) is 1. The SMILES string of the molecule is CCOc1ccc(NC(=O)c2ccccc2S(=O)(=O)N2CCCCC2)cc1. The van der Waals surface area contributed by atoms with Crippen LogP contribution in [0.2, 0.25) is 0 Å². The van der Waals surface area contributed by atoms with Crippen molar-refractivity contribution in [3.63, 3.8) is 0 Å². The molecular weight excluding hydrogens is 364 g/mol. The Morgan fingerprint density at radius 3 is 2.37 bits per heavy atom. The molecule has 27 heavy (non-hydrogen) atoms. The molecule has 7 heteroatoms. The van der Waals surface area contributed by atoms with Crippen LogP contribution in [-0.4, -0.2) is 38.3 Å². The highest BCUT2D eigenvalue weighted by Gasteiger charge is 2.29. The average molecular weight is 388 g/mol. The van der Waals surface area contributed by atoms with Crippen molar-refractivity contribution in [2.75, 3.05) is 25.0 Å². The van der Waals surface area contributed by atoms with E-state index in [0.717, 1.165) is 19.3 Å². The second-order valence-corrected chi connectivity index (χ2v) is 8.28. The van der Waals surface area contributed by atoms with Gasteiger partial charge >= 0.3 is 0 Å². The molecule has 1 fully saturated rings. The zero-order valence-electron chi connectivity index (χ0n) is 15.3. The van der Waals surface area contributed by atoms with Gasteiger partial charge in [0, 0.05) is 18.8 Å². The summed E-state index contributed by atoms with van der Waals surface area (Å²) in [5, 5.41) is 2.77. The molecule has 1 aliphatic heterocycles. The Hall–Kier alpha value is -2.38. The number of benzene rings is 2. The average Bonchev–Trinajstić information content (AvgIpc) is 2.70. The summed E-state index contributed by atoms with van der Waals surface area (Å²) >= 11 is 0. The molecule has 0 aromatic heterocycles. The highest BCUT2D eigenvalue weighted by Crippen LogP contribution is 2.24. The molecule has 0 radical (unpaired) electrons. The quantitative estimate of drug-likeness (QED) is 0.822. The predicted molar refractivity (Wildman–Crippen MR) is 105 cm³/mol. The standard InChI is InChI=1S/C20H24N2O4S/c1-2-26-17-12-10-16(11-13-17)21-20(23)18-8-4-5-9-19(18)27(24,25)22-14-6-3-7-15-22/h4-5,8-13H,2-3,6-7,14-15H2,1H3,(H,21,23). The maximum absolute atomic E-state index is 13.0. The first kappa shape index (κ1) is 19.4. The van der Waals surface area contributed by atoms with Gasteiger partial charge in [0.2, 0.25) is 10.0 Å². The minimum absolute atomic E-state index is 0.0512. The van der Waals surface area contributed by atoms with Gasteiger partial charge < -0.3 is 10.1 Å². The first-order valence-corrected chi connectivity index (χ1v) is 10.6. The third-order valence-electron chi connectivity index (χ3n) is 4.49. The van der Waals surface area contributed by atoms with Crippen LogP contribution in [0.15, 0.2) is 53.4 Å². The van der Waals surface area contributed by atoms with Gasteiger partial charge in [0.15, 0.2) is 0 Å². The molecule has 0 saturated carbocycles. The van der Waals surface area contributed by atoms with Crippen LogP contribution in [0.1, 0.15) is 36.5 Å². The Bertz CT molecular complexity index is 888. The van der Waals surface area contributed by atoms with Crippen LogP contribution in [0.25, 0.3) is 0 Å². The number of anilines is 1. The summed E-state index contributed by atoms with van der Waals surface area (Å²) in [5.41, 5.74) is 0.727. The van der Waals surface area contributed by atoms with Gasteiger partial charge in [0.25, 0.3) is 5.91 Å². The van der Waals surface area contributed by atoms with Crippen molar-refractivity contribution >= 4 is 21.6 Å². The molecule has 2 aromatic carbocycles. The maximum Gasteiger partial charge on any atom is 0.257 e. The number of ether oxygens (including phenoxy) is 1. The monoisotopic (exact) mass is 388 g/mol. The number of piperidine rings is 1. The zero-order chi connectivity index (χ0) is 19.3. The molecule has 144 valence electrons. The Morgan fingerprint density at radius 2 is 1.70 bits per heavy atom. The fraction of sp³-hybridized carbons (Fsp3) is 0.350. The molecule has 0 spiro atoms. The third-order valence-corrected chi connectivity index (χ3v) is 6.44. The predicted octanol–water partition coefficient (Wildman–Crippen LogP) is 3.51. The van der Waals surface area contributed by atoms with E-state index in [1.54, 1.807) is 42.5 Å². The van der Waals surface area contributed by atoms with Gasteiger partial charge in [0.1, 0.15) is 5.75 Å². The Labute approximate surface area is 160 Å². The Morgan fingerprint density at radius 1 is 1.04 bits per heavy atom. The Balaban J connectivity index is 1.83. The van der Waals surface area contributed by atoms with Gasteiger partial charge in [-0.15, -0.1) is 0 Å². The van der Waals surface area contributed by atoms with E-state index in [1.165, 1.54) is 10.4 Å². The number of carbonyl (C=O) groups is 1. The molecule has 0 unspecified atom stereocenters. The zero-order valence-corrected chi connectivity index (χ0v) is 16.2. The summed E-state index contributed by atoms with van der Waals surface area (Å²) in [6.07, 6.45) is 2.73. The molecule has 1 saturated heterocycles. The van der Waals surface area contributed by atoms with Crippen LogP contribution in [0, 0.1) is 0 Å². The summed E-state index contributed by atoms with van der Waals surface area (Å²) in [6, 6.07) is 13.3. The van der Waals surface area contributed by atoms with Crippen LogP contribution in [-0.2, 0) is 10.0 Å². The lowest BCUT2D eigenvalue weighted by molar-refractivity contribution is 0.102. The fourth-order valence-electron chi connectivity index (χ4n) is 3.12. The molecule has 0 bridgehead atoms. The molecule has 1 N–H and O–H groups in total. The summed E-state index contributed by atoms with van der Waals surface area (Å²) in [6.45, 7) is 3.46. The largest absolute Gasteiger partial charge is 0.494 e. The van der Waals surface area contributed by atoms with E-state index in [-0.39, 0.29) is 10.5 Å². The van der Waals surface area contributed by atoms with Gasteiger partial charge in [-0.2, -0.15) is 4.31 Å². The lowest BCUT2D eigenvalue weighted by Crippen LogP contribution is -2.36. The Kier molecular flexibility index (Phi) is 6.13. The van der Waals surface area contributed by atoms with Gasteiger partial charge in [-0.3, -0.25) is 4.79 Å². The van der Waals surface area contributed by atoms with Crippen molar-refractivity contribution in [3.8, 4) is 5.75 Å². The second kappa shape index (κ2) is 8.54. The van der Waals surface area contributed by atoms with Crippen molar-refractivity contribution in [2.45, 2.75) is 31.1 Å². The van der Waals surface area contributed by atoms with Crippen LogP contribution in [0.4, 0.5) is 5.69 Å². The molecule has 1 heterocycles. The minimum atomic E-state index is -3.69. The van der Waals surface area contributed by atoms with Gasteiger partial charge in [-0.25, -0.2) is 8.42 Å². The number of hydrogen-bond acceptors (Lipinski definition) is 4. The van der Waals surface area contributed by atoms with Crippen molar-refractivity contribution in [1.82, 2.24) is 4.31 Å². The van der Waals surface area contributed by atoms with Crippen LogP contribution in [0.3, 0.4) is 0 Å². The molecular formula is C20H24N2O4S. The van der Waals surface area contributed by atoms with Gasteiger partial charge in [0.05, 0.1) is 17.1 Å². The van der Waals surface area contributed by atoms with Crippen molar-refractivity contribution in [3.05, 3.63) is 54.1 Å². The summed E-state index contributed by atoms with van der Waals surface area (Å²) < 4.78 is 32.9. The second-order valence-electron chi connectivity index (χ2n) is 6.37. The number of hydrogen-bond donors (Lipinski definition) is 1. The molecule has 2 aromatic rings. The number of rotatable bonds is 6. The summed E-state index contributed by atoms with van der Waals surface area (Å²) in [7, 11) is -3.69. The number of sulfonamides is 1. The fourth-order valence-corrected chi connectivity index (χ4v) is 4.83. The van der Waals surface area contributed by atoms with Crippen molar-refractivity contribution in [2.24, 2.45) is 0 Å². The lowest BCUT2D eigenvalue weighted by Gasteiger charge is -2.26. The first-order valence-electron chi connectivity index (χ1n) is 9.16. The minimum Gasteiger partial charge on any atom is -0.494 e. The molecule has 1 aliphatic rings. The molecule has 6 nitrogen and oxygen atoms in total. The molecule has 0 atom stereocenters. The smallest absolute Gasteiger partial charge is 0.257 e. The highest BCUT2D eigenvalue weighted by molar-refractivity contribution is 7.89. The van der Waals surface area contributed by atoms with E-state index in [0.29, 0.717) is 31.1 Å². The first-order chi connectivity index (χ1) is 13.0. The maximum atomic E-state index is 13.0. The number of carbonyl (C=O) groups excluding carboxylic acids is 1. The van der Waals surface area contributed by atoms with E-state index >= 15 is 0 Å². The van der Waals surface area contributed by atoms with E-state index in [2.05, 4.69) is 5.32 Å². The van der Waals surface area contributed by atoms with E-state index in [1.807, 2.05) is 6.92 Å². The normalized spacial score (nSPS) is 15.3. The van der Waals surface area contributed by atoms with E-state index in [9.17, 15) is 13.2 Å². The van der Waals surface area contributed by atoms with Crippen LogP contribution < -0.4 is 10.1 Å². The summed E-state index contributed by atoms with van der Waals surface area (Å²) in [5.74, 6) is 0.263.